The lowest BCUT2D eigenvalue weighted by molar-refractivity contribution is 0.0903. The molecule has 4 rings (SSSR count). The second-order valence-corrected chi connectivity index (χ2v) is 7.44. The molecule has 0 aromatic carbocycles. The van der Waals surface area contributed by atoms with Crippen LogP contribution in [0.2, 0.25) is 0 Å². The normalized spacial score (nSPS) is 24.4. The molecule has 0 unspecified atom stereocenters. The first-order valence-corrected chi connectivity index (χ1v) is 9.50. The molecule has 2 atom stereocenters. The maximum atomic E-state index is 5.95. The third kappa shape index (κ3) is 3.49. The number of nitrogens with one attached hydrogen (secondary N) is 1. The van der Waals surface area contributed by atoms with Crippen molar-refractivity contribution in [3.05, 3.63) is 34.0 Å². The van der Waals surface area contributed by atoms with Crippen molar-refractivity contribution >= 4 is 11.3 Å². The third-order valence-electron chi connectivity index (χ3n) is 4.73. The molecule has 0 radical (unpaired) electrons. The van der Waals surface area contributed by atoms with Gasteiger partial charge in [0.25, 0.3) is 0 Å². The van der Waals surface area contributed by atoms with Crippen LogP contribution in [-0.4, -0.2) is 27.9 Å². The van der Waals surface area contributed by atoms with Crippen molar-refractivity contribution < 1.29 is 4.74 Å². The fourth-order valence-electron chi connectivity index (χ4n) is 3.22. The van der Waals surface area contributed by atoms with Crippen LogP contribution in [0.4, 0.5) is 0 Å². The molecule has 0 amide bonds. The summed E-state index contributed by atoms with van der Waals surface area (Å²) in [7, 11) is 0. The van der Waals surface area contributed by atoms with Gasteiger partial charge < -0.3 is 10.1 Å². The number of nitrogens with zero attached hydrogens (tertiary/aromatic N) is 3. The van der Waals surface area contributed by atoms with Gasteiger partial charge in [-0.1, -0.05) is 0 Å². The standard InChI is InChI=1S/C17H24N4OS/c1-2-21-10-14(8-19-21)16-13(5-6-22-16)7-18-9-15-11-23-17(20-15)12-3-4-12/h8,10-13,16,18H,2-7,9H2,1H3/t13-,16-/m0/s1. The van der Waals surface area contributed by atoms with Crippen LogP contribution in [0.25, 0.3) is 0 Å². The summed E-state index contributed by atoms with van der Waals surface area (Å²) in [4.78, 5) is 4.74. The van der Waals surface area contributed by atoms with Gasteiger partial charge in [-0.15, -0.1) is 11.3 Å². The number of rotatable bonds is 7. The second kappa shape index (κ2) is 6.71. The fraction of sp³-hybridized carbons (Fsp3) is 0.647. The summed E-state index contributed by atoms with van der Waals surface area (Å²) in [6.45, 7) is 5.69. The van der Waals surface area contributed by atoms with E-state index in [1.165, 1.54) is 29.1 Å². The zero-order valence-electron chi connectivity index (χ0n) is 13.6. The van der Waals surface area contributed by atoms with Gasteiger partial charge in [-0.3, -0.25) is 4.68 Å². The van der Waals surface area contributed by atoms with Crippen molar-refractivity contribution in [2.45, 2.75) is 51.3 Å². The molecule has 1 saturated heterocycles. The Bertz CT molecular complexity index is 649. The fourth-order valence-corrected chi connectivity index (χ4v) is 4.21. The molecule has 1 aliphatic carbocycles. The van der Waals surface area contributed by atoms with Crippen molar-refractivity contribution in [1.82, 2.24) is 20.1 Å². The Morgan fingerprint density at radius 2 is 2.30 bits per heavy atom. The predicted molar refractivity (Wildman–Crippen MR) is 90.5 cm³/mol. The topological polar surface area (TPSA) is 52.0 Å². The highest BCUT2D eigenvalue weighted by Gasteiger charge is 2.30. The van der Waals surface area contributed by atoms with Crippen molar-refractivity contribution in [2.24, 2.45) is 5.92 Å². The van der Waals surface area contributed by atoms with Gasteiger partial charge >= 0.3 is 0 Å². The van der Waals surface area contributed by atoms with Gasteiger partial charge in [-0.2, -0.15) is 5.10 Å². The molecule has 2 aliphatic rings. The van der Waals surface area contributed by atoms with Crippen LogP contribution >= 0.6 is 11.3 Å². The summed E-state index contributed by atoms with van der Waals surface area (Å²) in [5, 5.41) is 11.5. The van der Waals surface area contributed by atoms with E-state index in [0.29, 0.717) is 5.92 Å². The van der Waals surface area contributed by atoms with Gasteiger partial charge in [-0.25, -0.2) is 4.98 Å². The van der Waals surface area contributed by atoms with E-state index in [2.05, 4.69) is 28.9 Å². The van der Waals surface area contributed by atoms with E-state index < -0.39 is 0 Å². The van der Waals surface area contributed by atoms with Crippen molar-refractivity contribution in [2.75, 3.05) is 13.2 Å². The van der Waals surface area contributed by atoms with Gasteiger partial charge in [-0.05, 0) is 26.2 Å². The smallest absolute Gasteiger partial charge is 0.0959 e. The number of ether oxygens (including phenoxy) is 1. The van der Waals surface area contributed by atoms with Crippen molar-refractivity contribution in [3.63, 3.8) is 0 Å². The summed E-state index contributed by atoms with van der Waals surface area (Å²) < 4.78 is 7.92. The number of hydrogen-bond acceptors (Lipinski definition) is 5. The molecule has 3 heterocycles. The SMILES string of the molecule is CCn1cc([C@H]2OCC[C@H]2CNCc2csc(C3CC3)n2)cn1. The highest BCUT2D eigenvalue weighted by Crippen LogP contribution is 2.41. The minimum absolute atomic E-state index is 0.181. The third-order valence-corrected chi connectivity index (χ3v) is 5.78. The Balaban J connectivity index is 1.30. The Morgan fingerprint density at radius 3 is 3.09 bits per heavy atom. The maximum absolute atomic E-state index is 5.95. The van der Waals surface area contributed by atoms with Gasteiger partial charge in [0, 0.05) is 55.2 Å². The van der Waals surface area contributed by atoms with Gasteiger partial charge in [0.1, 0.15) is 0 Å². The Kier molecular flexibility index (Phi) is 4.46. The van der Waals surface area contributed by atoms with E-state index in [1.807, 2.05) is 22.2 Å². The molecule has 5 nitrogen and oxygen atoms in total. The van der Waals surface area contributed by atoms with E-state index >= 15 is 0 Å². The van der Waals surface area contributed by atoms with Crippen LogP contribution in [0.5, 0.6) is 0 Å². The summed E-state index contributed by atoms with van der Waals surface area (Å²) in [5.74, 6) is 1.28. The summed E-state index contributed by atoms with van der Waals surface area (Å²) in [5.41, 5.74) is 2.40. The molecule has 1 N–H and O–H groups in total. The average Bonchev–Trinajstić information content (AvgIpc) is 2.99. The van der Waals surface area contributed by atoms with Crippen LogP contribution < -0.4 is 5.32 Å². The molecule has 23 heavy (non-hydrogen) atoms. The summed E-state index contributed by atoms with van der Waals surface area (Å²) in [6.07, 6.45) is 8.01. The molecular formula is C17H24N4OS. The highest BCUT2D eigenvalue weighted by molar-refractivity contribution is 7.09. The average molecular weight is 332 g/mol. The second-order valence-electron chi connectivity index (χ2n) is 6.55. The van der Waals surface area contributed by atoms with Crippen LogP contribution in [-0.2, 0) is 17.8 Å². The number of thiazole rings is 1. The minimum Gasteiger partial charge on any atom is -0.373 e. The molecule has 2 fully saturated rings. The molecule has 0 bridgehead atoms. The lowest BCUT2D eigenvalue weighted by atomic mass is 9.97. The van der Waals surface area contributed by atoms with Gasteiger partial charge in [0.05, 0.1) is 23.0 Å². The van der Waals surface area contributed by atoms with E-state index in [0.717, 1.165) is 38.6 Å². The van der Waals surface area contributed by atoms with Crippen LogP contribution in [0.1, 0.15) is 54.5 Å². The molecule has 124 valence electrons. The molecule has 6 heteroatoms. The Hall–Kier alpha value is -1.24. The molecular weight excluding hydrogens is 308 g/mol. The lowest BCUT2D eigenvalue weighted by Gasteiger charge is -2.17. The first-order valence-electron chi connectivity index (χ1n) is 8.62. The van der Waals surface area contributed by atoms with Crippen molar-refractivity contribution in [3.8, 4) is 0 Å². The highest BCUT2D eigenvalue weighted by atomic mass is 32.1. The number of hydrogen-bond donors (Lipinski definition) is 1. The molecule has 2 aromatic heterocycles. The largest absolute Gasteiger partial charge is 0.373 e. The molecule has 1 aliphatic heterocycles. The number of aryl methyl sites for hydroxylation is 1. The van der Waals surface area contributed by atoms with E-state index in [9.17, 15) is 0 Å². The summed E-state index contributed by atoms with van der Waals surface area (Å²) >= 11 is 1.82. The molecule has 0 spiro atoms. The van der Waals surface area contributed by atoms with Gasteiger partial charge in [0.15, 0.2) is 0 Å². The van der Waals surface area contributed by atoms with E-state index in [-0.39, 0.29) is 6.10 Å². The van der Waals surface area contributed by atoms with Crippen LogP contribution in [0.3, 0.4) is 0 Å². The predicted octanol–water partition coefficient (Wildman–Crippen LogP) is 3.10. The van der Waals surface area contributed by atoms with E-state index in [4.69, 9.17) is 9.72 Å². The van der Waals surface area contributed by atoms with Crippen LogP contribution in [0.15, 0.2) is 17.8 Å². The van der Waals surface area contributed by atoms with E-state index in [1.54, 1.807) is 0 Å². The zero-order valence-corrected chi connectivity index (χ0v) is 14.4. The van der Waals surface area contributed by atoms with Crippen LogP contribution in [0, 0.1) is 5.92 Å². The lowest BCUT2D eigenvalue weighted by Crippen LogP contribution is -2.24. The van der Waals surface area contributed by atoms with Gasteiger partial charge in [0.2, 0.25) is 0 Å². The minimum atomic E-state index is 0.181. The maximum Gasteiger partial charge on any atom is 0.0959 e. The number of aromatic nitrogens is 3. The first kappa shape index (κ1) is 15.3. The first-order chi connectivity index (χ1) is 11.3. The van der Waals surface area contributed by atoms with Crippen molar-refractivity contribution in [1.29, 1.82) is 0 Å². The molecule has 2 aromatic rings. The quantitative estimate of drug-likeness (QED) is 0.846. The summed E-state index contributed by atoms with van der Waals surface area (Å²) in [6, 6.07) is 0. The Morgan fingerprint density at radius 1 is 1.39 bits per heavy atom. The molecule has 1 saturated carbocycles. The Labute approximate surface area is 141 Å². The zero-order chi connectivity index (χ0) is 15.6. The monoisotopic (exact) mass is 332 g/mol.